The molecule has 2 aliphatic heterocycles. The summed E-state index contributed by atoms with van der Waals surface area (Å²) >= 11 is 1.34. The quantitative estimate of drug-likeness (QED) is 0.128. The number of rotatable bonds is 6. The number of fused-ring (bicyclic) bond motifs is 2. The lowest BCUT2D eigenvalue weighted by Crippen LogP contribution is -2.29. The second-order valence-corrected chi connectivity index (χ2v) is 11.8. The Labute approximate surface area is 257 Å². The van der Waals surface area contributed by atoms with Gasteiger partial charge in [0.25, 0.3) is 5.78 Å². The van der Waals surface area contributed by atoms with Gasteiger partial charge < -0.3 is 19.3 Å². The number of aromatic nitrogens is 1. The van der Waals surface area contributed by atoms with Crippen molar-refractivity contribution < 1.29 is 28.9 Å². The first-order valence-electron chi connectivity index (χ1n) is 14.2. The van der Waals surface area contributed by atoms with Crippen LogP contribution in [-0.2, 0) is 16.2 Å². The lowest BCUT2D eigenvalue weighted by atomic mass is 9.95. The molecule has 220 valence electrons. The Morgan fingerprint density at radius 3 is 2.48 bits per heavy atom. The van der Waals surface area contributed by atoms with Gasteiger partial charge in [0.05, 0.1) is 21.8 Å². The number of amides is 1. The van der Waals surface area contributed by atoms with Gasteiger partial charge in [-0.3, -0.25) is 14.5 Å². The van der Waals surface area contributed by atoms with Crippen molar-refractivity contribution in [2.24, 2.45) is 0 Å². The molecule has 4 aromatic carbocycles. The van der Waals surface area contributed by atoms with Gasteiger partial charge in [0.15, 0.2) is 16.6 Å². The minimum absolute atomic E-state index is 0.0307. The average Bonchev–Trinajstić information content (AvgIpc) is 3.58. The normalized spacial score (nSPS) is 17.3. The van der Waals surface area contributed by atoms with E-state index in [0.717, 1.165) is 26.9 Å². The molecule has 7 rings (SSSR count). The molecule has 44 heavy (non-hydrogen) atoms. The van der Waals surface area contributed by atoms with E-state index in [1.54, 1.807) is 30.3 Å². The Morgan fingerprint density at radius 1 is 0.955 bits per heavy atom. The molecule has 1 N–H and O–H groups in total. The number of aliphatic hydroxyl groups excluding tert-OH is 1. The standard InChI is InChI=1S/C35H28N2O6S/c1-20-16-21(2)30-28(17-20)44-35(36-30)37-31(23-8-11-25(12-9-23)43-19-22-6-4-3-5-7-22)29(33(39)34(37)40)32(38)24-10-13-26-27(18-24)42-15-14-41-26/h3-13,16-18,31,38H,14-15,19H2,1-2H3. The molecule has 0 saturated carbocycles. The number of aryl methyl sites for hydroxylation is 2. The lowest BCUT2D eigenvalue weighted by molar-refractivity contribution is -0.132. The molecule has 1 aromatic heterocycles. The summed E-state index contributed by atoms with van der Waals surface area (Å²) in [5.74, 6) is -0.206. The van der Waals surface area contributed by atoms with E-state index in [2.05, 4.69) is 0 Å². The van der Waals surface area contributed by atoms with Gasteiger partial charge in [-0.15, -0.1) is 0 Å². The van der Waals surface area contributed by atoms with Gasteiger partial charge >= 0.3 is 5.91 Å². The zero-order valence-corrected chi connectivity index (χ0v) is 24.9. The first kappa shape index (κ1) is 27.7. The van der Waals surface area contributed by atoms with Crippen LogP contribution in [0, 0.1) is 13.8 Å². The lowest BCUT2D eigenvalue weighted by Gasteiger charge is -2.23. The minimum atomic E-state index is -0.923. The molecule has 0 aliphatic carbocycles. The van der Waals surface area contributed by atoms with Gasteiger partial charge in [-0.2, -0.15) is 0 Å². The van der Waals surface area contributed by atoms with Gasteiger partial charge in [0.2, 0.25) is 0 Å². The summed E-state index contributed by atoms with van der Waals surface area (Å²) in [6.07, 6.45) is 0. The highest BCUT2D eigenvalue weighted by molar-refractivity contribution is 7.22. The molecule has 9 heteroatoms. The third-order valence-electron chi connectivity index (χ3n) is 7.73. The summed E-state index contributed by atoms with van der Waals surface area (Å²) in [6.45, 7) is 5.17. The Balaban J connectivity index is 1.32. The largest absolute Gasteiger partial charge is 0.507 e. The number of hydrogen-bond acceptors (Lipinski definition) is 8. The van der Waals surface area contributed by atoms with Crippen molar-refractivity contribution in [1.82, 2.24) is 4.98 Å². The number of carbonyl (C=O) groups excluding carboxylic acids is 2. The van der Waals surface area contributed by atoms with Crippen LogP contribution in [0.1, 0.15) is 33.9 Å². The van der Waals surface area contributed by atoms with Crippen molar-refractivity contribution in [1.29, 1.82) is 0 Å². The fraction of sp³-hybridized carbons (Fsp3) is 0.171. The van der Waals surface area contributed by atoms with E-state index in [1.807, 2.05) is 68.4 Å². The van der Waals surface area contributed by atoms with Gasteiger partial charge in [-0.05, 0) is 72.5 Å². The number of ether oxygens (including phenoxy) is 3. The van der Waals surface area contributed by atoms with E-state index in [0.29, 0.717) is 53.3 Å². The van der Waals surface area contributed by atoms with Crippen molar-refractivity contribution in [3.63, 3.8) is 0 Å². The smallest absolute Gasteiger partial charge is 0.301 e. The number of benzene rings is 4. The summed E-state index contributed by atoms with van der Waals surface area (Å²) in [5, 5.41) is 12.0. The molecule has 1 fully saturated rings. The van der Waals surface area contributed by atoms with E-state index >= 15 is 0 Å². The summed E-state index contributed by atoms with van der Waals surface area (Å²) in [5.41, 5.74) is 4.80. The van der Waals surface area contributed by atoms with Crippen LogP contribution in [0.2, 0.25) is 0 Å². The molecule has 2 aliphatic rings. The maximum absolute atomic E-state index is 13.8. The van der Waals surface area contributed by atoms with E-state index < -0.39 is 17.7 Å². The highest BCUT2D eigenvalue weighted by atomic mass is 32.1. The zero-order chi connectivity index (χ0) is 30.4. The molecular weight excluding hydrogens is 576 g/mol. The van der Waals surface area contributed by atoms with Crippen molar-refractivity contribution in [3.8, 4) is 17.2 Å². The highest BCUT2D eigenvalue weighted by Crippen LogP contribution is 2.45. The number of aliphatic hydroxyl groups is 1. The van der Waals surface area contributed by atoms with Crippen LogP contribution < -0.4 is 19.1 Å². The Morgan fingerprint density at radius 2 is 1.70 bits per heavy atom. The molecule has 8 nitrogen and oxygen atoms in total. The summed E-state index contributed by atoms with van der Waals surface area (Å²) < 4.78 is 18.2. The molecule has 0 spiro atoms. The van der Waals surface area contributed by atoms with Crippen LogP contribution >= 0.6 is 11.3 Å². The number of carbonyl (C=O) groups is 2. The second kappa shape index (κ2) is 11.2. The first-order valence-corrected chi connectivity index (χ1v) is 15.0. The number of thiazole rings is 1. The number of hydrogen-bond donors (Lipinski definition) is 1. The Hall–Kier alpha value is -5.15. The van der Waals surface area contributed by atoms with Crippen LogP contribution in [0.4, 0.5) is 5.13 Å². The van der Waals surface area contributed by atoms with Crippen molar-refractivity contribution in [3.05, 3.63) is 118 Å². The maximum atomic E-state index is 13.8. The van der Waals surface area contributed by atoms with Crippen LogP contribution in [0.25, 0.3) is 16.0 Å². The summed E-state index contributed by atoms with van der Waals surface area (Å²) in [7, 11) is 0. The number of Topliss-reactive ketones (excluding diaryl/α,β-unsaturated/α-hetero) is 1. The van der Waals surface area contributed by atoms with Crippen LogP contribution in [-0.4, -0.2) is 35.0 Å². The van der Waals surface area contributed by atoms with Crippen molar-refractivity contribution >= 4 is 44.1 Å². The van der Waals surface area contributed by atoms with Crippen LogP contribution in [0.5, 0.6) is 17.2 Å². The summed E-state index contributed by atoms with van der Waals surface area (Å²) in [6, 6.07) is 25.1. The zero-order valence-electron chi connectivity index (χ0n) is 24.1. The molecule has 1 unspecified atom stereocenters. The predicted molar refractivity (Wildman–Crippen MR) is 169 cm³/mol. The van der Waals surface area contributed by atoms with E-state index in [4.69, 9.17) is 19.2 Å². The fourth-order valence-electron chi connectivity index (χ4n) is 5.64. The van der Waals surface area contributed by atoms with Gasteiger partial charge in [-0.25, -0.2) is 4.98 Å². The monoisotopic (exact) mass is 604 g/mol. The van der Waals surface area contributed by atoms with Crippen molar-refractivity contribution in [2.45, 2.75) is 26.5 Å². The average molecular weight is 605 g/mol. The third kappa shape index (κ3) is 4.95. The maximum Gasteiger partial charge on any atom is 0.301 e. The first-order chi connectivity index (χ1) is 21.4. The topological polar surface area (TPSA) is 98.2 Å². The number of anilines is 1. The minimum Gasteiger partial charge on any atom is -0.507 e. The van der Waals surface area contributed by atoms with Gasteiger partial charge in [0.1, 0.15) is 31.3 Å². The van der Waals surface area contributed by atoms with E-state index in [9.17, 15) is 14.7 Å². The number of ketones is 1. The molecule has 1 amide bonds. The third-order valence-corrected chi connectivity index (χ3v) is 8.73. The fourth-order valence-corrected chi connectivity index (χ4v) is 6.81. The van der Waals surface area contributed by atoms with E-state index in [1.165, 1.54) is 16.2 Å². The second-order valence-electron chi connectivity index (χ2n) is 10.8. The Kier molecular flexibility index (Phi) is 7.02. The summed E-state index contributed by atoms with van der Waals surface area (Å²) in [4.78, 5) is 33.7. The van der Waals surface area contributed by atoms with Crippen LogP contribution in [0.15, 0.2) is 90.5 Å². The Bertz CT molecular complexity index is 1950. The predicted octanol–water partition coefficient (Wildman–Crippen LogP) is 6.89. The SMILES string of the molecule is Cc1cc(C)c2nc(N3C(=O)C(=O)C(=C(O)c4ccc5c(c4)OCCO5)C3c3ccc(OCc4ccccc4)cc3)sc2c1. The van der Waals surface area contributed by atoms with E-state index in [-0.39, 0.29) is 11.3 Å². The molecule has 1 atom stereocenters. The molecule has 1 saturated heterocycles. The molecule has 0 radical (unpaired) electrons. The molecule has 5 aromatic rings. The number of nitrogens with zero attached hydrogens (tertiary/aromatic N) is 2. The van der Waals surface area contributed by atoms with Crippen LogP contribution in [0.3, 0.4) is 0 Å². The molecular formula is C35H28N2O6S. The van der Waals surface area contributed by atoms with Crippen molar-refractivity contribution in [2.75, 3.05) is 18.1 Å². The van der Waals surface area contributed by atoms with Gasteiger partial charge in [-0.1, -0.05) is 59.9 Å². The highest BCUT2D eigenvalue weighted by Gasteiger charge is 2.48. The molecule has 3 heterocycles. The molecule has 0 bridgehead atoms. The van der Waals surface area contributed by atoms with Gasteiger partial charge in [0, 0.05) is 5.56 Å².